The predicted molar refractivity (Wildman–Crippen MR) is 95.0 cm³/mol. The van der Waals surface area contributed by atoms with Gasteiger partial charge in [0.25, 0.3) is 10.1 Å². The fourth-order valence-electron chi connectivity index (χ4n) is 2.05. The van der Waals surface area contributed by atoms with Crippen molar-refractivity contribution < 1.29 is 13.0 Å². The van der Waals surface area contributed by atoms with E-state index in [1.54, 1.807) is 12.1 Å². The lowest BCUT2D eigenvalue weighted by Crippen LogP contribution is -2.03. The summed E-state index contributed by atoms with van der Waals surface area (Å²) in [5.41, 5.74) is 4.88. The average Bonchev–Trinajstić information content (AvgIpc) is 3.04. The van der Waals surface area contributed by atoms with Gasteiger partial charge in [0.15, 0.2) is 0 Å². The molecule has 0 fully saturated rings. The molecule has 122 valence electrons. The Kier molecular flexibility index (Phi) is 4.70. The van der Waals surface area contributed by atoms with Crippen LogP contribution in [0.1, 0.15) is 5.56 Å². The summed E-state index contributed by atoms with van der Waals surface area (Å²) in [6.45, 7) is 0. The van der Waals surface area contributed by atoms with Gasteiger partial charge in [0.05, 0.1) is 11.9 Å². The molecule has 2 N–H and O–H groups in total. The number of thiazole rings is 1. The van der Waals surface area contributed by atoms with Gasteiger partial charge < -0.3 is 0 Å². The number of anilines is 1. The van der Waals surface area contributed by atoms with Crippen molar-refractivity contribution in [3.63, 3.8) is 0 Å². The van der Waals surface area contributed by atoms with Gasteiger partial charge in [-0.05, 0) is 6.07 Å². The molecule has 8 heteroatoms. The number of rotatable bonds is 5. The third-order valence-electron chi connectivity index (χ3n) is 3.13. The highest BCUT2D eigenvalue weighted by atomic mass is 32.2. The van der Waals surface area contributed by atoms with Crippen molar-refractivity contribution in [3.05, 3.63) is 65.5 Å². The molecular formula is C16H13N3O3S2. The number of aromatic nitrogens is 1. The normalized spacial score (nSPS) is 11.7. The quantitative estimate of drug-likeness (QED) is 0.413. The van der Waals surface area contributed by atoms with Crippen molar-refractivity contribution in [2.75, 3.05) is 5.43 Å². The Morgan fingerprint density at radius 2 is 1.79 bits per heavy atom. The molecule has 0 saturated heterocycles. The molecule has 0 aliphatic carbocycles. The zero-order valence-electron chi connectivity index (χ0n) is 12.3. The first-order chi connectivity index (χ1) is 11.5. The van der Waals surface area contributed by atoms with Crippen LogP contribution in [0.25, 0.3) is 11.3 Å². The predicted octanol–water partition coefficient (Wildman–Crippen LogP) is 3.50. The summed E-state index contributed by atoms with van der Waals surface area (Å²) in [6, 6.07) is 15.8. The third kappa shape index (κ3) is 3.85. The van der Waals surface area contributed by atoms with Gasteiger partial charge in [0.2, 0.25) is 5.13 Å². The van der Waals surface area contributed by atoms with Crippen LogP contribution < -0.4 is 5.43 Å². The Morgan fingerprint density at radius 3 is 2.54 bits per heavy atom. The molecule has 0 radical (unpaired) electrons. The van der Waals surface area contributed by atoms with E-state index in [0.29, 0.717) is 5.13 Å². The maximum atomic E-state index is 11.3. The molecule has 0 spiro atoms. The Labute approximate surface area is 143 Å². The molecule has 3 aromatic rings. The molecule has 0 unspecified atom stereocenters. The Hall–Kier alpha value is -2.55. The summed E-state index contributed by atoms with van der Waals surface area (Å²) in [6.07, 6.45) is 1.33. The number of nitrogens with one attached hydrogen (secondary N) is 1. The van der Waals surface area contributed by atoms with Crippen molar-refractivity contribution in [3.8, 4) is 11.3 Å². The van der Waals surface area contributed by atoms with Crippen molar-refractivity contribution in [1.82, 2.24) is 4.98 Å². The first-order valence-corrected chi connectivity index (χ1v) is 9.22. The second kappa shape index (κ2) is 6.91. The first-order valence-electron chi connectivity index (χ1n) is 6.90. The molecule has 0 saturated carbocycles. The lowest BCUT2D eigenvalue weighted by Gasteiger charge is -2.01. The van der Waals surface area contributed by atoms with E-state index in [4.69, 9.17) is 0 Å². The number of nitrogens with zero attached hydrogens (tertiary/aromatic N) is 2. The summed E-state index contributed by atoms with van der Waals surface area (Å²) in [5, 5.41) is 6.47. The molecule has 3 rings (SSSR count). The van der Waals surface area contributed by atoms with Gasteiger partial charge in [-0.25, -0.2) is 4.98 Å². The van der Waals surface area contributed by atoms with Gasteiger partial charge in [-0.15, -0.1) is 11.3 Å². The van der Waals surface area contributed by atoms with Crippen molar-refractivity contribution in [1.29, 1.82) is 0 Å². The Balaban J connectivity index is 1.76. The van der Waals surface area contributed by atoms with Crippen LogP contribution in [0.15, 0.2) is 70.0 Å². The molecular weight excluding hydrogens is 346 g/mol. The van der Waals surface area contributed by atoms with Gasteiger partial charge in [-0.3, -0.25) is 9.98 Å². The summed E-state index contributed by atoms with van der Waals surface area (Å²) in [7, 11) is -4.29. The minimum atomic E-state index is -4.29. The van der Waals surface area contributed by atoms with Gasteiger partial charge >= 0.3 is 0 Å². The van der Waals surface area contributed by atoms with E-state index in [9.17, 15) is 13.0 Å². The number of hydrogen-bond donors (Lipinski definition) is 2. The van der Waals surface area contributed by atoms with Gasteiger partial charge in [-0.2, -0.15) is 13.5 Å². The molecule has 0 atom stereocenters. The standard InChI is InChI=1S/C16H13N3O3S2/c20-24(21,22)15-9-5-4-8-13(15)10-17-19-16-18-14(11-23-16)12-6-2-1-3-7-12/h1-11H,(H,18,19)(H,20,21,22). The van der Waals surface area contributed by atoms with E-state index in [-0.39, 0.29) is 10.5 Å². The van der Waals surface area contributed by atoms with Crippen LogP contribution in [0.4, 0.5) is 5.13 Å². The number of benzene rings is 2. The monoisotopic (exact) mass is 359 g/mol. The molecule has 2 aromatic carbocycles. The third-order valence-corrected chi connectivity index (χ3v) is 4.81. The largest absolute Gasteiger partial charge is 0.295 e. The van der Waals surface area contributed by atoms with Crippen molar-refractivity contribution in [2.24, 2.45) is 5.10 Å². The Bertz CT molecular complexity index is 967. The van der Waals surface area contributed by atoms with Crippen molar-refractivity contribution >= 4 is 32.8 Å². The van der Waals surface area contributed by atoms with Crippen LogP contribution >= 0.6 is 11.3 Å². The van der Waals surface area contributed by atoms with Crippen LogP contribution in [-0.4, -0.2) is 24.2 Å². The maximum absolute atomic E-state index is 11.3. The van der Waals surface area contributed by atoms with E-state index in [1.165, 1.54) is 29.7 Å². The smallest absolute Gasteiger partial charge is 0.282 e. The topological polar surface area (TPSA) is 91.7 Å². The van der Waals surface area contributed by atoms with Gasteiger partial charge in [0, 0.05) is 16.5 Å². The molecule has 0 amide bonds. The zero-order chi connectivity index (χ0) is 17.0. The van der Waals surface area contributed by atoms with E-state index in [0.717, 1.165) is 11.3 Å². The number of hydrazone groups is 1. The van der Waals surface area contributed by atoms with Gasteiger partial charge in [0.1, 0.15) is 4.90 Å². The van der Waals surface area contributed by atoms with E-state index >= 15 is 0 Å². The highest BCUT2D eigenvalue weighted by Crippen LogP contribution is 2.24. The fraction of sp³-hybridized carbons (Fsp3) is 0. The van der Waals surface area contributed by atoms with E-state index in [1.807, 2.05) is 35.7 Å². The molecule has 0 bridgehead atoms. The lowest BCUT2D eigenvalue weighted by molar-refractivity contribution is 0.483. The fourth-order valence-corrected chi connectivity index (χ4v) is 3.38. The summed E-state index contributed by atoms with van der Waals surface area (Å²) in [4.78, 5) is 4.21. The maximum Gasteiger partial charge on any atom is 0.295 e. The number of hydrogen-bond acceptors (Lipinski definition) is 6. The van der Waals surface area contributed by atoms with E-state index < -0.39 is 10.1 Å². The Morgan fingerprint density at radius 1 is 1.08 bits per heavy atom. The van der Waals surface area contributed by atoms with Crippen LogP contribution in [0, 0.1) is 0 Å². The van der Waals surface area contributed by atoms with Gasteiger partial charge in [-0.1, -0.05) is 48.5 Å². The molecule has 1 aromatic heterocycles. The molecule has 24 heavy (non-hydrogen) atoms. The SMILES string of the molecule is O=S(=O)(O)c1ccccc1C=NNc1nc(-c2ccccc2)cs1. The minimum absolute atomic E-state index is 0.195. The molecule has 1 heterocycles. The van der Waals surface area contributed by atoms with Crippen molar-refractivity contribution in [2.45, 2.75) is 4.90 Å². The molecule has 0 aliphatic heterocycles. The lowest BCUT2D eigenvalue weighted by atomic mass is 10.2. The second-order valence-electron chi connectivity index (χ2n) is 4.79. The van der Waals surface area contributed by atoms with Crippen LogP contribution in [-0.2, 0) is 10.1 Å². The average molecular weight is 359 g/mol. The highest BCUT2D eigenvalue weighted by molar-refractivity contribution is 7.86. The first kappa shape index (κ1) is 16.3. The molecule has 0 aliphatic rings. The van der Waals surface area contributed by atoms with Crippen LogP contribution in [0.3, 0.4) is 0 Å². The van der Waals surface area contributed by atoms with Crippen LogP contribution in [0.2, 0.25) is 0 Å². The summed E-state index contributed by atoms with van der Waals surface area (Å²) >= 11 is 1.39. The van der Waals surface area contributed by atoms with E-state index in [2.05, 4.69) is 15.5 Å². The molecule has 6 nitrogen and oxygen atoms in total. The minimum Gasteiger partial charge on any atom is -0.282 e. The second-order valence-corrected chi connectivity index (χ2v) is 7.03. The van der Waals surface area contributed by atoms with Crippen LogP contribution in [0.5, 0.6) is 0 Å². The summed E-state index contributed by atoms with van der Waals surface area (Å²) in [5.74, 6) is 0. The summed E-state index contributed by atoms with van der Waals surface area (Å²) < 4.78 is 31.8. The highest BCUT2D eigenvalue weighted by Gasteiger charge is 2.13. The zero-order valence-corrected chi connectivity index (χ0v) is 14.0.